The molecule has 1 nitrogen and oxygen atoms in total. The highest BCUT2D eigenvalue weighted by Gasteiger charge is 2.11. The predicted molar refractivity (Wildman–Crippen MR) is 69.7 cm³/mol. The van der Waals surface area contributed by atoms with Crippen LogP contribution < -0.4 is 5.73 Å². The summed E-state index contributed by atoms with van der Waals surface area (Å²) in [6, 6.07) is 8.77. The van der Waals surface area contributed by atoms with Crippen molar-refractivity contribution in [2.45, 2.75) is 45.6 Å². The molecule has 15 heavy (non-hydrogen) atoms. The zero-order valence-corrected chi connectivity index (χ0v) is 10.9. The van der Waals surface area contributed by atoms with E-state index in [2.05, 4.69) is 52.0 Å². The summed E-state index contributed by atoms with van der Waals surface area (Å²) in [5.41, 5.74) is 8.57. The van der Waals surface area contributed by atoms with E-state index in [1.807, 2.05) is 0 Å². The van der Waals surface area contributed by atoms with Crippen molar-refractivity contribution in [2.24, 2.45) is 5.73 Å². The van der Waals surface area contributed by atoms with Crippen LogP contribution >= 0.6 is 12.4 Å². The van der Waals surface area contributed by atoms with E-state index in [0.29, 0.717) is 5.92 Å². The standard InChI is InChI=1S/C13H21N.ClH/c1-10(2)12-7-5-11(6-8-12)9-13(3,4)14;/h5-8,10H,9,14H2,1-4H3;1H. The first-order valence-corrected chi connectivity index (χ1v) is 5.26. The van der Waals surface area contributed by atoms with Gasteiger partial charge in [0.05, 0.1) is 0 Å². The van der Waals surface area contributed by atoms with E-state index >= 15 is 0 Å². The number of benzene rings is 1. The molecule has 0 unspecified atom stereocenters. The highest BCUT2D eigenvalue weighted by Crippen LogP contribution is 2.16. The molecule has 2 heteroatoms. The summed E-state index contributed by atoms with van der Waals surface area (Å²) in [5.74, 6) is 0.606. The Morgan fingerprint density at radius 2 is 1.60 bits per heavy atom. The number of hydrogen-bond donors (Lipinski definition) is 1. The summed E-state index contributed by atoms with van der Waals surface area (Å²) in [6.45, 7) is 8.54. The maximum absolute atomic E-state index is 5.97. The molecule has 0 heterocycles. The van der Waals surface area contributed by atoms with E-state index in [-0.39, 0.29) is 17.9 Å². The van der Waals surface area contributed by atoms with E-state index in [1.54, 1.807) is 0 Å². The van der Waals surface area contributed by atoms with Crippen LogP contribution in [0.5, 0.6) is 0 Å². The van der Waals surface area contributed by atoms with E-state index in [9.17, 15) is 0 Å². The Balaban J connectivity index is 0.00000196. The van der Waals surface area contributed by atoms with Crippen LogP contribution in [0.15, 0.2) is 24.3 Å². The molecule has 2 N–H and O–H groups in total. The van der Waals surface area contributed by atoms with Gasteiger partial charge in [0, 0.05) is 5.54 Å². The van der Waals surface area contributed by atoms with Gasteiger partial charge in [0.15, 0.2) is 0 Å². The van der Waals surface area contributed by atoms with Crippen LogP contribution in [0.25, 0.3) is 0 Å². The van der Waals surface area contributed by atoms with Crippen molar-refractivity contribution >= 4 is 12.4 Å². The van der Waals surface area contributed by atoms with E-state index in [4.69, 9.17) is 5.73 Å². The first-order chi connectivity index (χ1) is 6.38. The Morgan fingerprint density at radius 1 is 1.13 bits per heavy atom. The fourth-order valence-corrected chi connectivity index (χ4v) is 1.55. The molecule has 0 aliphatic heterocycles. The fourth-order valence-electron chi connectivity index (χ4n) is 1.55. The molecule has 1 aromatic carbocycles. The summed E-state index contributed by atoms with van der Waals surface area (Å²) < 4.78 is 0. The van der Waals surface area contributed by atoms with Crippen LogP contribution in [0.2, 0.25) is 0 Å². The maximum Gasteiger partial charge on any atom is 0.0138 e. The molecule has 86 valence electrons. The molecule has 1 aromatic rings. The summed E-state index contributed by atoms with van der Waals surface area (Å²) in [6.07, 6.45) is 0.936. The van der Waals surface area contributed by atoms with Gasteiger partial charge in [0.25, 0.3) is 0 Å². The largest absolute Gasteiger partial charge is 0.325 e. The van der Waals surface area contributed by atoms with Crippen molar-refractivity contribution in [3.05, 3.63) is 35.4 Å². The Hall–Kier alpha value is -0.530. The molecular weight excluding hydrogens is 206 g/mol. The molecule has 0 aliphatic carbocycles. The normalized spacial score (nSPS) is 11.3. The predicted octanol–water partition coefficient (Wildman–Crippen LogP) is 3.51. The summed E-state index contributed by atoms with van der Waals surface area (Å²) in [7, 11) is 0. The third-order valence-corrected chi connectivity index (χ3v) is 2.31. The molecule has 0 saturated carbocycles. The van der Waals surface area contributed by atoms with Gasteiger partial charge in [0.1, 0.15) is 0 Å². The molecule has 0 aliphatic rings. The van der Waals surface area contributed by atoms with Gasteiger partial charge >= 0.3 is 0 Å². The zero-order valence-electron chi connectivity index (χ0n) is 10.1. The van der Waals surface area contributed by atoms with Crippen LogP contribution in [-0.2, 0) is 6.42 Å². The average Bonchev–Trinajstić information content (AvgIpc) is 2.02. The second-order valence-corrected chi connectivity index (χ2v) is 5.06. The number of halogens is 1. The van der Waals surface area contributed by atoms with Gasteiger partial charge in [-0.25, -0.2) is 0 Å². The van der Waals surface area contributed by atoms with Gasteiger partial charge in [-0.05, 0) is 37.3 Å². The monoisotopic (exact) mass is 227 g/mol. The molecule has 0 amide bonds. The lowest BCUT2D eigenvalue weighted by molar-refractivity contribution is 0.516. The molecule has 0 atom stereocenters. The number of hydrogen-bond acceptors (Lipinski definition) is 1. The quantitative estimate of drug-likeness (QED) is 0.841. The minimum absolute atomic E-state index is 0. The second kappa shape index (κ2) is 5.53. The minimum atomic E-state index is -0.112. The van der Waals surface area contributed by atoms with Crippen molar-refractivity contribution in [2.75, 3.05) is 0 Å². The van der Waals surface area contributed by atoms with E-state index in [1.165, 1.54) is 11.1 Å². The lowest BCUT2D eigenvalue weighted by atomic mass is 9.94. The average molecular weight is 228 g/mol. The summed E-state index contributed by atoms with van der Waals surface area (Å²) in [5, 5.41) is 0. The third kappa shape index (κ3) is 5.19. The van der Waals surface area contributed by atoms with Gasteiger partial charge in [-0.1, -0.05) is 38.1 Å². The summed E-state index contributed by atoms with van der Waals surface area (Å²) >= 11 is 0. The van der Waals surface area contributed by atoms with Crippen molar-refractivity contribution < 1.29 is 0 Å². The third-order valence-electron chi connectivity index (χ3n) is 2.31. The van der Waals surface area contributed by atoms with Gasteiger partial charge in [-0.2, -0.15) is 0 Å². The maximum atomic E-state index is 5.97. The van der Waals surface area contributed by atoms with Crippen LogP contribution in [0.3, 0.4) is 0 Å². The molecule has 0 spiro atoms. The zero-order chi connectivity index (χ0) is 10.8. The molecular formula is C13H22ClN. The Morgan fingerprint density at radius 3 is 1.93 bits per heavy atom. The van der Waals surface area contributed by atoms with Gasteiger partial charge in [-0.3, -0.25) is 0 Å². The topological polar surface area (TPSA) is 26.0 Å². The second-order valence-electron chi connectivity index (χ2n) is 5.06. The van der Waals surface area contributed by atoms with Crippen LogP contribution in [0.1, 0.15) is 44.7 Å². The highest BCUT2D eigenvalue weighted by atomic mass is 35.5. The molecule has 0 fully saturated rings. The fraction of sp³-hybridized carbons (Fsp3) is 0.538. The molecule has 0 radical (unpaired) electrons. The van der Waals surface area contributed by atoms with Crippen molar-refractivity contribution in [3.63, 3.8) is 0 Å². The molecule has 0 saturated heterocycles. The summed E-state index contributed by atoms with van der Waals surface area (Å²) in [4.78, 5) is 0. The lowest BCUT2D eigenvalue weighted by Gasteiger charge is -2.18. The number of nitrogens with two attached hydrogens (primary N) is 1. The molecule has 1 rings (SSSR count). The van der Waals surface area contributed by atoms with E-state index in [0.717, 1.165) is 6.42 Å². The first kappa shape index (κ1) is 14.5. The molecule has 0 bridgehead atoms. The minimum Gasteiger partial charge on any atom is -0.325 e. The van der Waals surface area contributed by atoms with Crippen LogP contribution in [0, 0.1) is 0 Å². The van der Waals surface area contributed by atoms with Gasteiger partial charge in [0.2, 0.25) is 0 Å². The number of rotatable bonds is 3. The van der Waals surface area contributed by atoms with E-state index < -0.39 is 0 Å². The lowest BCUT2D eigenvalue weighted by Crippen LogP contribution is -2.34. The van der Waals surface area contributed by atoms with Crippen LogP contribution in [0.4, 0.5) is 0 Å². The Kier molecular flexibility index (Phi) is 5.33. The Bertz CT molecular complexity index is 282. The van der Waals surface area contributed by atoms with Gasteiger partial charge < -0.3 is 5.73 Å². The van der Waals surface area contributed by atoms with Crippen molar-refractivity contribution in [1.29, 1.82) is 0 Å². The SMILES string of the molecule is CC(C)c1ccc(CC(C)(C)N)cc1.Cl. The van der Waals surface area contributed by atoms with Gasteiger partial charge in [-0.15, -0.1) is 12.4 Å². The highest BCUT2D eigenvalue weighted by molar-refractivity contribution is 5.85. The smallest absolute Gasteiger partial charge is 0.0138 e. The van der Waals surface area contributed by atoms with Crippen molar-refractivity contribution in [3.8, 4) is 0 Å². The van der Waals surface area contributed by atoms with Crippen LogP contribution in [-0.4, -0.2) is 5.54 Å². The van der Waals surface area contributed by atoms with Crippen molar-refractivity contribution in [1.82, 2.24) is 0 Å². The molecule has 0 aromatic heterocycles. The Labute approximate surface area is 99.5 Å². The first-order valence-electron chi connectivity index (χ1n) is 5.26.